The summed E-state index contributed by atoms with van der Waals surface area (Å²) in [5.41, 5.74) is 8.45. The Bertz CT molecular complexity index is 562. The van der Waals surface area contributed by atoms with Crippen LogP contribution >= 0.6 is 0 Å². The van der Waals surface area contributed by atoms with Crippen LogP contribution in [-0.2, 0) is 18.3 Å². The number of nitrogens with zero attached hydrogens (tertiary/aromatic N) is 2. The van der Waals surface area contributed by atoms with E-state index < -0.39 is 6.04 Å². The zero-order chi connectivity index (χ0) is 13.8. The Labute approximate surface area is 112 Å². The first-order chi connectivity index (χ1) is 9.06. The maximum atomic E-state index is 12.0. The van der Waals surface area contributed by atoms with Crippen molar-refractivity contribution in [3.05, 3.63) is 47.8 Å². The van der Waals surface area contributed by atoms with Gasteiger partial charge in [0, 0.05) is 13.2 Å². The SMILES string of the molecule is Cc1nn(C)cc1NC(=O)[C@@H](N)Cc1ccccc1. The van der Waals surface area contributed by atoms with Gasteiger partial charge in [-0.25, -0.2) is 0 Å². The van der Waals surface area contributed by atoms with Gasteiger partial charge in [0.1, 0.15) is 0 Å². The summed E-state index contributed by atoms with van der Waals surface area (Å²) in [6.45, 7) is 1.85. The summed E-state index contributed by atoms with van der Waals surface area (Å²) in [6.07, 6.45) is 2.29. The highest BCUT2D eigenvalue weighted by Gasteiger charge is 2.16. The van der Waals surface area contributed by atoms with Crippen molar-refractivity contribution in [3.8, 4) is 0 Å². The standard InChI is InChI=1S/C14H18N4O/c1-10-13(9-18(2)17-10)16-14(19)12(15)8-11-6-4-3-5-7-11/h3-7,9,12H,8,15H2,1-2H3,(H,16,19)/t12-/m0/s1. The van der Waals surface area contributed by atoms with Crippen LogP contribution in [0, 0.1) is 6.92 Å². The van der Waals surface area contributed by atoms with Crippen molar-refractivity contribution in [3.63, 3.8) is 0 Å². The molecule has 2 aromatic rings. The Balaban J connectivity index is 1.98. The van der Waals surface area contributed by atoms with Crippen molar-refractivity contribution in [1.82, 2.24) is 9.78 Å². The third-order valence-corrected chi connectivity index (χ3v) is 2.91. The number of hydrogen-bond donors (Lipinski definition) is 2. The third-order valence-electron chi connectivity index (χ3n) is 2.91. The quantitative estimate of drug-likeness (QED) is 0.866. The highest BCUT2D eigenvalue weighted by molar-refractivity contribution is 5.95. The molecule has 0 fully saturated rings. The van der Waals surface area contributed by atoms with E-state index in [2.05, 4.69) is 10.4 Å². The molecule has 0 aliphatic rings. The van der Waals surface area contributed by atoms with Crippen LogP contribution in [0.15, 0.2) is 36.5 Å². The lowest BCUT2D eigenvalue weighted by Gasteiger charge is -2.11. The molecule has 1 aromatic carbocycles. The second-order valence-electron chi connectivity index (χ2n) is 4.59. The molecule has 0 bridgehead atoms. The number of nitrogens with two attached hydrogens (primary N) is 1. The highest BCUT2D eigenvalue weighted by atomic mass is 16.2. The van der Waals surface area contributed by atoms with E-state index in [4.69, 9.17) is 5.73 Å². The van der Waals surface area contributed by atoms with Crippen LogP contribution in [-0.4, -0.2) is 21.7 Å². The van der Waals surface area contributed by atoms with Gasteiger partial charge in [-0.3, -0.25) is 9.48 Å². The Hall–Kier alpha value is -2.14. The Morgan fingerprint density at radius 3 is 2.68 bits per heavy atom. The minimum atomic E-state index is -0.568. The first-order valence-corrected chi connectivity index (χ1v) is 6.17. The smallest absolute Gasteiger partial charge is 0.241 e. The van der Waals surface area contributed by atoms with E-state index in [-0.39, 0.29) is 5.91 Å². The highest BCUT2D eigenvalue weighted by Crippen LogP contribution is 2.12. The van der Waals surface area contributed by atoms with Gasteiger partial charge < -0.3 is 11.1 Å². The van der Waals surface area contributed by atoms with E-state index in [1.165, 1.54) is 0 Å². The number of carbonyl (C=O) groups excluding carboxylic acids is 1. The molecule has 5 nitrogen and oxygen atoms in total. The third kappa shape index (κ3) is 3.42. The van der Waals surface area contributed by atoms with E-state index in [0.717, 1.165) is 11.3 Å². The van der Waals surface area contributed by atoms with Crippen LogP contribution in [0.2, 0.25) is 0 Å². The number of aryl methyl sites for hydroxylation is 2. The van der Waals surface area contributed by atoms with Gasteiger partial charge in [0.05, 0.1) is 17.4 Å². The second kappa shape index (κ2) is 5.67. The van der Waals surface area contributed by atoms with E-state index in [1.807, 2.05) is 44.3 Å². The molecule has 1 atom stereocenters. The number of rotatable bonds is 4. The fourth-order valence-electron chi connectivity index (χ4n) is 1.91. The number of carbonyl (C=O) groups is 1. The summed E-state index contributed by atoms with van der Waals surface area (Å²) in [5, 5.41) is 6.97. The molecule has 1 amide bonds. The van der Waals surface area contributed by atoms with Crippen molar-refractivity contribution in [2.45, 2.75) is 19.4 Å². The van der Waals surface area contributed by atoms with Crippen LogP contribution in [0.1, 0.15) is 11.3 Å². The number of hydrogen-bond acceptors (Lipinski definition) is 3. The fraction of sp³-hybridized carbons (Fsp3) is 0.286. The van der Waals surface area contributed by atoms with Crippen LogP contribution in [0.4, 0.5) is 5.69 Å². The van der Waals surface area contributed by atoms with E-state index in [1.54, 1.807) is 10.9 Å². The Kier molecular flexibility index (Phi) is 3.97. The molecule has 0 unspecified atom stereocenters. The topological polar surface area (TPSA) is 72.9 Å². The van der Waals surface area contributed by atoms with Gasteiger partial charge in [-0.05, 0) is 18.9 Å². The summed E-state index contributed by atoms with van der Waals surface area (Å²) in [6, 6.07) is 9.16. The predicted octanol–water partition coefficient (Wildman–Crippen LogP) is 1.24. The van der Waals surface area contributed by atoms with Crippen LogP contribution in [0.25, 0.3) is 0 Å². The van der Waals surface area contributed by atoms with E-state index in [0.29, 0.717) is 12.1 Å². The molecule has 0 aliphatic carbocycles. The lowest BCUT2D eigenvalue weighted by molar-refractivity contribution is -0.117. The van der Waals surface area contributed by atoms with Crippen molar-refractivity contribution >= 4 is 11.6 Å². The van der Waals surface area contributed by atoms with Crippen LogP contribution in [0.3, 0.4) is 0 Å². The minimum absolute atomic E-state index is 0.194. The van der Waals surface area contributed by atoms with E-state index >= 15 is 0 Å². The summed E-state index contributed by atoms with van der Waals surface area (Å²) in [7, 11) is 1.81. The normalized spacial score (nSPS) is 12.2. The molecule has 100 valence electrons. The maximum Gasteiger partial charge on any atom is 0.241 e. The molecule has 0 radical (unpaired) electrons. The minimum Gasteiger partial charge on any atom is -0.322 e. The van der Waals surface area contributed by atoms with Gasteiger partial charge in [0.15, 0.2) is 0 Å². The molecule has 3 N–H and O–H groups in total. The summed E-state index contributed by atoms with van der Waals surface area (Å²) in [5.74, 6) is -0.194. The fourth-order valence-corrected chi connectivity index (χ4v) is 1.91. The zero-order valence-electron chi connectivity index (χ0n) is 11.1. The molecular formula is C14H18N4O. The molecule has 2 rings (SSSR count). The van der Waals surface area contributed by atoms with Crippen molar-refractivity contribution in [2.24, 2.45) is 12.8 Å². The molecule has 1 aromatic heterocycles. The molecule has 0 spiro atoms. The molecule has 0 saturated heterocycles. The van der Waals surface area contributed by atoms with E-state index in [9.17, 15) is 4.79 Å². The van der Waals surface area contributed by atoms with Gasteiger partial charge in [-0.1, -0.05) is 30.3 Å². The molecule has 0 aliphatic heterocycles. The maximum absolute atomic E-state index is 12.0. The summed E-state index contributed by atoms with van der Waals surface area (Å²) >= 11 is 0. The Morgan fingerprint density at radius 2 is 2.11 bits per heavy atom. The van der Waals surface area contributed by atoms with Gasteiger partial charge in [-0.15, -0.1) is 0 Å². The van der Waals surface area contributed by atoms with Gasteiger partial charge in [-0.2, -0.15) is 5.10 Å². The Morgan fingerprint density at radius 1 is 1.42 bits per heavy atom. The van der Waals surface area contributed by atoms with Gasteiger partial charge >= 0.3 is 0 Å². The van der Waals surface area contributed by atoms with Crippen molar-refractivity contribution in [2.75, 3.05) is 5.32 Å². The largest absolute Gasteiger partial charge is 0.322 e. The average molecular weight is 258 g/mol. The van der Waals surface area contributed by atoms with Gasteiger partial charge in [0.2, 0.25) is 5.91 Å². The molecule has 1 heterocycles. The van der Waals surface area contributed by atoms with Crippen molar-refractivity contribution in [1.29, 1.82) is 0 Å². The number of anilines is 1. The summed E-state index contributed by atoms with van der Waals surface area (Å²) < 4.78 is 1.66. The molecule has 5 heteroatoms. The number of aromatic nitrogens is 2. The molecule has 19 heavy (non-hydrogen) atoms. The lowest BCUT2D eigenvalue weighted by Crippen LogP contribution is -2.37. The predicted molar refractivity (Wildman–Crippen MR) is 74.7 cm³/mol. The number of benzene rings is 1. The first kappa shape index (κ1) is 13.3. The monoisotopic (exact) mass is 258 g/mol. The second-order valence-corrected chi connectivity index (χ2v) is 4.59. The zero-order valence-corrected chi connectivity index (χ0v) is 11.1. The molecule has 0 saturated carbocycles. The number of nitrogens with one attached hydrogen (secondary N) is 1. The van der Waals surface area contributed by atoms with Gasteiger partial charge in [0.25, 0.3) is 0 Å². The van der Waals surface area contributed by atoms with Crippen LogP contribution in [0.5, 0.6) is 0 Å². The van der Waals surface area contributed by atoms with Crippen molar-refractivity contribution < 1.29 is 4.79 Å². The molecular weight excluding hydrogens is 240 g/mol. The summed E-state index contributed by atoms with van der Waals surface area (Å²) in [4.78, 5) is 12.0. The lowest BCUT2D eigenvalue weighted by atomic mass is 10.1. The number of amides is 1. The average Bonchev–Trinajstić information content (AvgIpc) is 2.69. The van der Waals surface area contributed by atoms with Crippen LogP contribution < -0.4 is 11.1 Å². The first-order valence-electron chi connectivity index (χ1n) is 6.17.